The van der Waals surface area contributed by atoms with Crippen molar-refractivity contribution >= 4 is 65.6 Å². The molecule has 8 aromatic carbocycles. The van der Waals surface area contributed by atoms with Gasteiger partial charge in [0.25, 0.3) is 0 Å². The van der Waals surface area contributed by atoms with Gasteiger partial charge < -0.3 is 8.98 Å². The number of hydrogen-bond acceptors (Lipinski definition) is 4. The van der Waals surface area contributed by atoms with Gasteiger partial charge in [-0.15, -0.1) is 0 Å². The van der Waals surface area contributed by atoms with Crippen LogP contribution in [0.25, 0.3) is 111 Å². The average Bonchev–Trinajstić information content (AvgIpc) is 4.24. The first kappa shape index (κ1) is 16.1. The highest BCUT2D eigenvalue weighted by Crippen LogP contribution is 2.42. The molecule has 0 radical (unpaired) electrons. The first-order chi connectivity index (χ1) is 38.3. The Labute approximate surface area is 360 Å². The van der Waals surface area contributed by atoms with Crippen molar-refractivity contribution in [1.29, 1.82) is 0 Å². The third-order valence-corrected chi connectivity index (χ3v) is 9.52. The van der Waals surface area contributed by atoms with Gasteiger partial charge in [0.15, 0.2) is 11.6 Å². The van der Waals surface area contributed by atoms with Crippen molar-refractivity contribution in [2.75, 3.05) is 0 Å². The zero-order valence-electron chi connectivity index (χ0n) is 52.7. The fourth-order valence-corrected chi connectivity index (χ4v) is 7.18. The molecule has 4 aromatic heterocycles. The molecule has 266 valence electrons. The Morgan fingerprint density at radius 2 is 1.14 bits per heavy atom. The number of fused-ring (bicyclic) bond motifs is 10. The molecule has 0 N–H and O–H groups in total. The van der Waals surface area contributed by atoms with E-state index < -0.39 is 223 Å². The lowest BCUT2D eigenvalue weighted by Gasteiger charge is -2.12. The van der Waals surface area contributed by atoms with E-state index in [0.29, 0.717) is 16.4 Å². The molecule has 0 bridgehead atoms. The molecule has 0 aliphatic rings. The molecule has 0 spiro atoms. The Morgan fingerprint density at radius 3 is 2.00 bits per heavy atom. The van der Waals surface area contributed by atoms with Crippen LogP contribution in [0.5, 0.6) is 0 Å². The molecular formula is C51H31N5O. The topological polar surface area (TPSA) is 61.7 Å². The quantitative estimate of drug-likeness (QED) is 0.176. The molecule has 0 aliphatic heterocycles. The lowest BCUT2D eigenvalue weighted by Crippen LogP contribution is -2.06. The molecule has 4 heterocycles. The Balaban J connectivity index is 1.34. The van der Waals surface area contributed by atoms with Crippen LogP contribution in [-0.2, 0) is 0 Å². The lowest BCUT2D eigenvalue weighted by molar-refractivity contribution is 0.669. The van der Waals surface area contributed by atoms with Crippen LogP contribution in [0.3, 0.4) is 0 Å². The van der Waals surface area contributed by atoms with E-state index in [-0.39, 0.29) is 17.0 Å². The summed E-state index contributed by atoms with van der Waals surface area (Å²) in [7, 11) is 0. The molecule has 6 heteroatoms. The van der Waals surface area contributed by atoms with Crippen LogP contribution in [0.15, 0.2) is 192 Å². The van der Waals surface area contributed by atoms with Gasteiger partial charge in [0.1, 0.15) is 11.2 Å². The van der Waals surface area contributed by atoms with Crippen molar-refractivity contribution in [2.45, 2.75) is 0 Å². The second kappa shape index (κ2) is 12.3. The van der Waals surface area contributed by atoms with Gasteiger partial charge in [-0.25, -0.2) is 4.98 Å². The third-order valence-electron chi connectivity index (χ3n) is 9.52. The monoisotopic (exact) mass is 753 g/mol. The fourth-order valence-electron chi connectivity index (χ4n) is 7.18. The number of hydrogen-bond donors (Lipinski definition) is 0. The van der Waals surface area contributed by atoms with Gasteiger partial charge in [-0.3, -0.25) is 4.57 Å². The van der Waals surface area contributed by atoms with Gasteiger partial charge in [-0.05, 0) is 59.5 Å². The zero-order valence-corrected chi connectivity index (χ0v) is 28.7. The van der Waals surface area contributed by atoms with Crippen LogP contribution in [0.2, 0.25) is 0 Å². The smallest absolute Gasteiger partial charge is 0.238 e. The maximum absolute atomic E-state index is 9.91. The third kappa shape index (κ3) is 4.81. The van der Waals surface area contributed by atoms with Gasteiger partial charge >= 0.3 is 0 Å². The predicted molar refractivity (Wildman–Crippen MR) is 232 cm³/mol. The molecule has 12 rings (SSSR count). The van der Waals surface area contributed by atoms with Crippen LogP contribution >= 0.6 is 0 Å². The van der Waals surface area contributed by atoms with Crippen LogP contribution in [0, 0.1) is 0 Å². The summed E-state index contributed by atoms with van der Waals surface area (Å²) in [5, 5.41) is -0.675. The minimum atomic E-state index is -0.916. The Morgan fingerprint density at radius 1 is 0.456 bits per heavy atom. The van der Waals surface area contributed by atoms with Gasteiger partial charge in [-0.2, -0.15) is 9.97 Å². The van der Waals surface area contributed by atoms with Crippen molar-refractivity contribution in [1.82, 2.24) is 24.1 Å². The molecule has 12 aromatic rings. The minimum absolute atomic E-state index is 0.0858. The number of para-hydroxylation sites is 5. The molecule has 0 unspecified atom stereocenters. The van der Waals surface area contributed by atoms with Gasteiger partial charge in [-0.1, -0.05) is 139 Å². The van der Waals surface area contributed by atoms with E-state index in [1.807, 2.05) is 0 Å². The van der Waals surface area contributed by atoms with Crippen molar-refractivity contribution in [2.24, 2.45) is 0 Å². The van der Waals surface area contributed by atoms with Crippen LogP contribution < -0.4 is 0 Å². The van der Waals surface area contributed by atoms with Gasteiger partial charge in [0.2, 0.25) is 5.95 Å². The van der Waals surface area contributed by atoms with E-state index in [9.17, 15) is 13.7 Å². The average molecular weight is 754 g/mol. The first-order valence-corrected chi connectivity index (χ1v) is 17.2. The molecule has 0 saturated heterocycles. The number of aromatic nitrogens is 5. The van der Waals surface area contributed by atoms with E-state index in [1.54, 1.807) is 36.4 Å². The van der Waals surface area contributed by atoms with Crippen molar-refractivity contribution in [3.05, 3.63) is 187 Å². The van der Waals surface area contributed by atoms with E-state index >= 15 is 0 Å². The maximum Gasteiger partial charge on any atom is 0.238 e. The van der Waals surface area contributed by atoms with E-state index in [2.05, 4.69) is 0 Å². The summed E-state index contributed by atoms with van der Waals surface area (Å²) in [5.41, 5.74) is -4.21. The Hall–Kier alpha value is -7.83. The van der Waals surface area contributed by atoms with E-state index in [0.717, 1.165) is 9.13 Å². The van der Waals surface area contributed by atoms with E-state index in [4.69, 9.17) is 38.6 Å². The standard InChI is InChI=1S/C51H31N5O/c1-3-15-32(16-4-1)33-17-13-18-34(31-33)49-52-50(41-25-14-24-39-37-22-9-12-28-45(37)57-48(39)41)54-51(53-49)56-43-27-11-8-23-40(43)46-44(56)30-29-38-36-21-7-10-26-42(36)55(47(38)46)35-19-5-2-6-20-35/h1-31H/i1D,2D,3D,4D,5D,6D,7D,8D,10D,11D,13D,15D,16D,17D,18D,19D,20D,21D,23D,26D,27D,29D,30D,31D. The largest absolute Gasteiger partial charge is 0.455 e. The van der Waals surface area contributed by atoms with Crippen LogP contribution in [0.4, 0.5) is 0 Å². The molecule has 6 nitrogen and oxygen atoms in total. The second-order valence-corrected chi connectivity index (χ2v) is 12.6. The zero-order chi connectivity index (χ0) is 58.3. The summed E-state index contributed by atoms with van der Waals surface area (Å²) in [6, 6.07) is -8.65. The van der Waals surface area contributed by atoms with Crippen molar-refractivity contribution in [3.63, 3.8) is 0 Å². The first-order valence-electron chi connectivity index (χ1n) is 29.2. The summed E-state index contributed by atoms with van der Waals surface area (Å²) in [4.78, 5) is 14.3. The Kier molecular flexibility index (Phi) is 3.49. The molecular weight excluding hydrogens is 699 g/mol. The van der Waals surface area contributed by atoms with Crippen molar-refractivity contribution in [3.8, 4) is 45.5 Å². The van der Waals surface area contributed by atoms with Gasteiger partial charge in [0, 0.05) is 43.6 Å². The minimum Gasteiger partial charge on any atom is -0.455 e. The number of furan rings is 1. The highest BCUT2D eigenvalue weighted by molar-refractivity contribution is 6.26. The van der Waals surface area contributed by atoms with Crippen LogP contribution in [0.1, 0.15) is 32.9 Å². The molecule has 0 amide bonds. The molecule has 0 atom stereocenters. The Bertz CT molecular complexity index is 4890. The van der Waals surface area contributed by atoms with Crippen LogP contribution in [-0.4, -0.2) is 24.1 Å². The number of nitrogens with zero attached hydrogens (tertiary/aromatic N) is 5. The molecule has 0 fully saturated rings. The highest BCUT2D eigenvalue weighted by atomic mass is 16.3. The SMILES string of the molecule is [2H]c1c([2H])c([2H])c(-c2c([2H])c([2H])c([2H])c(-c3nc(-c4cccc5c4oc4ccccc45)nc(-n4c5c([2H])c([2H])c([2H])c([2H])c5c5c4c([2H])c([2H])c4c6c([2H])c([2H])c([2H])c([2H])c6n(-c6c([2H])c([2H])c([2H])c([2H])c6[2H])c45)n3)c2[2H])c([2H])c1[2H]. The summed E-state index contributed by atoms with van der Waals surface area (Å²) in [5.74, 6) is -1.75. The lowest BCUT2D eigenvalue weighted by atomic mass is 10.0. The normalized spacial score (nSPS) is 17.8. The second-order valence-electron chi connectivity index (χ2n) is 12.6. The summed E-state index contributed by atoms with van der Waals surface area (Å²) >= 11 is 0. The maximum atomic E-state index is 9.91. The highest BCUT2D eigenvalue weighted by Gasteiger charge is 2.24. The molecule has 57 heavy (non-hydrogen) atoms. The number of benzene rings is 8. The van der Waals surface area contributed by atoms with Gasteiger partial charge in [0.05, 0.1) is 60.5 Å². The molecule has 0 saturated carbocycles. The summed E-state index contributed by atoms with van der Waals surface area (Å²) < 4.78 is 225. The van der Waals surface area contributed by atoms with E-state index in [1.165, 1.54) is 6.07 Å². The molecule has 0 aliphatic carbocycles. The number of rotatable bonds is 5. The fraction of sp³-hybridized carbons (Fsp3) is 0. The predicted octanol–water partition coefficient (Wildman–Crippen LogP) is 13.0. The summed E-state index contributed by atoms with van der Waals surface area (Å²) in [6.07, 6.45) is 0. The summed E-state index contributed by atoms with van der Waals surface area (Å²) in [6.45, 7) is 0. The van der Waals surface area contributed by atoms with Crippen molar-refractivity contribution < 1.29 is 37.3 Å².